The van der Waals surface area contributed by atoms with Gasteiger partial charge in [0.1, 0.15) is 0 Å². The minimum absolute atomic E-state index is 0.549. The Labute approximate surface area is 136 Å². The van der Waals surface area contributed by atoms with Gasteiger partial charge in [-0.05, 0) is 17.0 Å². The molecule has 0 N–H and O–H groups in total. The molecule has 0 spiro atoms. The second-order valence-electron chi connectivity index (χ2n) is 6.06. The molecule has 116 valence electrons. The summed E-state index contributed by atoms with van der Waals surface area (Å²) in [5.74, 6) is 2.72. The highest BCUT2D eigenvalue weighted by Crippen LogP contribution is 2.38. The van der Waals surface area contributed by atoms with Gasteiger partial charge in [-0.2, -0.15) is 0 Å². The van der Waals surface area contributed by atoms with Crippen LogP contribution in [0.15, 0.2) is 36.5 Å². The minimum Gasteiger partial charge on any atom is -0.493 e. The molecule has 22 heavy (non-hydrogen) atoms. The van der Waals surface area contributed by atoms with E-state index < -0.39 is 0 Å². The third kappa shape index (κ3) is 2.78. The van der Waals surface area contributed by atoms with Gasteiger partial charge in [0.15, 0.2) is 11.6 Å². The van der Waals surface area contributed by atoms with Crippen LogP contribution in [-0.2, 0) is 0 Å². The average Bonchev–Trinajstić information content (AvgIpc) is 2.47. The average molecular weight is 317 g/mol. The van der Waals surface area contributed by atoms with Crippen LogP contribution in [0.25, 0.3) is 0 Å². The summed E-state index contributed by atoms with van der Waals surface area (Å²) in [6, 6.07) is 10.6. The summed E-state index contributed by atoms with van der Waals surface area (Å²) < 4.78 is 5.40. The first-order chi connectivity index (χ1) is 10.6. The first-order valence-electron chi connectivity index (χ1n) is 7.63. The second kappa shape index (κ2) is 6.17. The Hall–Kier alpha value is -1.74. The van der Waals surface area contributed by atoms with Crippen LogP contribution in [-0.4, -0.2) is 25.2 Å². The molecule has 3 nitrogen and oxygen atoms in total. The number of anilines is 1. The normalized spacial score (nSPS) is 15.0. The number of ether oxygens (including phenoxy) is 1. The zero-order valence-electron chi connectivity index (χ0n) is 13.2. The van der Waals surface area contributed by atoms with Crippen molar-refractivity contribution in [3.63, 3.8) is 0 Å². The fourth-order valence-electron chi connectivity index (χ4n) is 3.06. The van der Waals surface area contributed by atoms with Crippen molar-refractivity contribution in [1.29, 1.82) is 0 Å². The molecular weight excluding hydrogens is 296 g/mol. The molecule has 1 aliphatic heterocycles. The van der Waals surface area contributed by atoms with Crippen LogP contribution in [0.3, 0.4) is 0 Å². The Morgan fingerprint density at radius 3 is 2.68 bits per heavy atom. The molecule has 1 saturated heterocycles. The molecular formula is C18H21ClN2O. The molecule has 2 heterocycles. The summed E-state index contributed by atoms with van der Waals surface area (Å²) in [5.41, 5.74) is 2.91. The van der Waals surface area contributed by atoms with Crippen molar-refractivity contribution in [3.05, 3.63) is 52.7 Å². The number of pyridine rings is 1. The van der Waals surface area contributed by atoms with Crippen molar-refractivity contribution in [1.82, 2.24) is 4.98 Å². The van der Waals surface area contributed by atoms with Gasteiger partial charge in [-0.15, -0.1) is 0 Å². The van der Waals surface area contributed by atoms with Crippen LogP contribution < -0.4 is 9.64 Å². The van der Waals surface area contributed by atoms with E-state index in [9.17, 15) is 0 Å². The van der Waals surface area contributed by atoms with E-state index in [4.69, 9.17) is 16.3 Å². The molecule has 4 heteroatoms. The van der Waals surface area contributed by atoms with Crippen LogP contribution >= 0.6 is 11.6 Å². The Bertz CT molecular complexity index is 666. The van der Waals surface area contributed by atoms with E-state index >= 15 is 0 Å². The zero-order chi connectivity index (χ0) is 15.7. The van der Waals surface area contributed by atoms with Crippen LogP contribution in [0.2, 0.25) is 5.02 Å². The zero-order valence-corrected chi connectivity index (χ0v) is 14.0. The van der Waals surface area contributed by atoms with Gasteiger partial charge in [0.05, 0.1) is 12.1 Å². The monoisotopic (exact) mass is 316 g/mol. The Kier molecular flexibility index (Phi) is 4.25. The maximum Gasteiger partial charge on any atom is 0.171 e. The Morgan fingerprint density at radius 2 is 2.00 bits per heavy atom. The topological polar surface area (TPSA) is 25.4 Å². The summed E-state index contributed by atoms with van der Waals surface area (Å²) in [4.78, 5) is 6.67. The first-order valence-corrected chi connectivity index (χ1v) is 8.01. The summed E-state index contributed by atoms with van der Waals surface area (Å²) in [7, 11) is 1.65. The van der Waals surface area contributed by atoms with E-state index in [1.165, 1.54) is 11.1 Å². The molecule has 1 aromatic carbocycles. The Morgan fingerprint density at radius 1 is 1.27 bits per heavy atom. The van der Waals surface area contributed by atoms with E-state index in [1.807, 2.05) is 6.07 Å². The quantitative estimate of drug-likeness (QED) is 0.832. The highest BCUT2D eigenvalue weighted by atomic mass is 35.5. The maximum absolute atomic E-state index is 5.98. The van der Waals surface area contributed by atoms with E-state index in [0.29, 0.717) is 16.9 Å². The summed E-state index contributed by atoms with van der Waals surface area (Å²) in [5, 5.41) is 0.600. The predicted molar refractivity (Wildman–Crippen MR) is 91.3 cm³/mol. The summed E-state index contributed by atoms with van der Waals surface area (Å²) >= 11 is 5.98. The molecule has 1 aliphatic rings. The molecule has 0 atom stereocenters. The molecule has 0 unspecified atom stereocenters. The summed E-state index contributed by atoms with van der Waals surface area (Å²) in [6.45, 7) is 6.43. The van der Waals surface area contributed by atoms with Crippen molar-refractivity contribution in [2.75, 3.05) is 25.1 Å². The summed E-state index contributed by atoms with van der Waals surface area (Å²) in [6.07, 6.45) is 1.68. The van der Waals surface area contributed by atoms with Crippen molar-refractivity contribution in [2.24, 2.45) is 0 Å². The molecule has 0 radical (unpaired) electrons. The number of nitrogens with zero attached hydrogens (tertiary/aromatic N) is 2. The van der Waals surface area contributed by atoms with E-state index in [-0.39, 0.29) is 0 Å². The molecule has 0 bridgehead atoms. The van der Waals surface area contributed by atoms with Crippen LogP contribution in [0, 0.1) is 0 Å². The highest BCUT2D eigenvalue weighted by Gasteiger charge is 2.32. The number of rotatable bonds is 4. The highest BCUT2D eigenvalue weighted by molar-refractivity contribution is 6.30. The molecule has 1 aromatic heterocycles. The SMILES string of the molecule is COc1cc(Cl)cnc1N1CC(c2ccccc2C(C)C)C1. The number of aromatic nitrogens is 1. The largest absolute Gasteiger partial charge is 0.493 e. The molecule has 0 saturated carbocycles. The number of hydrogen-bond donors (Lipinski definition) is 0. The van der Waals surface area contributed by atoms with Gasteiger partial charge in [0.25, 0.3) is 0 Å². The second-order valence-corrected chi connectivity index (χ2v) is 6.50. The van der Waals surface area contributed by atoms with Gasteiger partial charge < -0.3 is 9.64 Å². The van der Waals surface area contributed by atoms with Crippen molar-refractivity contribution >= 4 is 17.4 Å². The molecule has 2 aromatic rings. The van der Waals surface area contributed by atoms with Gasteiger partial charge >= 0.3 is 0 Å². The lowest BCUT2D eigenvalue weighted by atomic mass is 9.84. The first kappa shape index (κ1) is 15.2. The van der Waals surface area contributed by atoms with Crippen molar-refractivity contribution in [2.45, 2.75) is 25.7 Å². The van der Waals surface area contributed by atoms with Gasteiger partial charge in [-0.3, -0.25) is 0 Å². The third-order valence-corrected chi connectivity index (χ3v) is 4.47. The van der Waals surface area contributed by atoms with E-state index in [1.54, 1.807) is 13.3 Å². The standard InChI is InChI=1S/C18H21ClN2O/c1-12(2)15-6-4-5-7-16(15)13-10-21(11-13)18-17(22-3)8-14(19)9-20-18/h4-9,12-13H,10-11H2,1-3H3. The van der Waals surface area contributed by atoms with Crippen LogP contribution in [0.5, 0.6) is 5.75 Å². The number of hydrogen-bond acceptors (Lipinski definition) is 3. The number of halogens is 1. The van der Waals surface area contributed by atoms with Crippen LogP contribution in [0.1, 0.15) is 36.8 Å². The maximum atomic E-state index is 5.98. The van der Waals surface area contributed by atoms with Gasteiger partial charge in [-0.25, -0.2) is 4.98 Å². The fraction of sp³-hybridized carbons (Fsp3) is 0.389. The van der Waals surface area contributed by atoms with Gasteiger partial charge in [0.2, 0.25) is 0 Å². The predicted octanol–water partition coefficient (Wildman–Crippen LogP) is 4.47. The number of methoxy groups -OCH3 is 1. The lowest BCUT2D eigenvalue weighted by molar-refractivity contribution is 0.406. The fourth-order valence-corrected chi connectivity index (χ4v) is 3.21. The molecule has 3 rings (SSSR count). The smallest absolute Gasteiger partial charge is 0.171 e. The van der Waals surface area contributed by atoms with Gasteiger partial charge in [0, 0.05) is 31.3 Å². The van der Waals surface area contributed by atoms with Gasteiger partial charge in [-0.1, -0.05) is 49.7 Å². The Balaban J connectivity index is 1.78. The number of benzene rings is 1. The third-order valence-electron chi connectivity index (χ3n) is 4.26. The molecule has 1 fully saturated rings. The van der Waals surface area contributed by atoms with E-state index in [0.717, 1.165) is 24.7 Å². The van der Waals surface area contributed by atoms with E-state index in [2.05, 4.69) is 48.0 Å². The lowest BCUT2D eigenvalue weighted by Crippen LogP contribution is -2.46. The lowest BCUT2D eigenvalue weighted by Gasteiger charge is -2.42. The van der Waals surface area contributed by atoms with Crippen LogP contribution in [0.4, 0.5) is 5.82 Å². The molecule has 0 aliphatic carbocycles. The van der Waals surface area contributed by atoms with Crippen molar-refractivity contribution in [3.8, 4) is 5.75 Å². The van der Waals surface area contributed by atoms with Crippen molar-refractivity contribution < 1.29 is 4.74 Å². The molecule has 0 amide bonds. The minimum atomic E-state index is 0.549.